The molecular weight excluding hydrogens is 501 g/mol. The molecule has 0 atom stereocenters. The molecule has 0 bridgehead atoms. The summed E-state index contributed by atoms with van der Waals surface area (Å²) >= 11 is 1.43. The van der Waals surface area contributed by atoms with Crippen LogP contribution >= 0.6 is 11.8 Å². The molecule has 3 rings (SSSR count). The van der Waals surface area contributed by atoms with Crippen molar-refractivity contribution in [2.75, 3.05) is 29.0 Å². The van der Waals surface area contributed by atoms with Crippen LogP contribution in [0, 0.1) is 0 Å². The molecule has 0 aliphatic carbocycles. The van der Waals surface area contributed by atoms with E-state index in [1.807, 2.05) is 6.26 Å². The van der Waals surface area contributed by atoms with E-state index in [4.69, 9.17) is 4.74 Å². The van der Waals surface area contributed by atoms with Crippen LogP contribution in [0.2, 0.25) is 0 Å². The van der Waals surface area contributed by atoms with E-state index in [1.54, 1.807) is 37.3 Å². The number of nitrogens with one attached hydrogen (secondary N) is 1. The predicted octanol–water partition coefficient (Wildman–Crippen LogP) is 5.66. The molecule has 0 heterocycles. The Morgan fingerprint density at radius 3 is 2.26 bits per heavy atom. The summed E-state index contributed by atoms with van der Waals surface area (Å²) in [4.78, 5) is 13.7. The molecule has 0 aliphatic rings. The van der Waals surface area contributed by atoms with Gasteiger partial charge in [0, 0.05) is 4.90 Å². The Bertz CT molecular complexity index is 1280. The van der Waals surface area contributed by atoms with Crippen molar-refractivity contribution in [3.8, 4) is 5.75 Å². The fourth-order valence-corrected chi connectivity index (χ4v) is 5.11. The van der Waals surface area contributed by atoms with Crippen LogP contribution in [-0.2, 0) is 21.0 Å². The smallest absolute Gasteiger partial charge is 0.418 e. The Balaban J connectivity index is 2.02. The van der Waals surface area contributed by atoms with Crippen molar-refractivity contribution in [1.82, 2.24) is 0 Å². The fraction of sp³-hybridized carbons (Fsp3) is 0.208. The first-order valence-corrected chi connectivity index (χ1v) is 13.1. The van der Waals surface area contributed by atoms with Crippen LogP contribution in [0.4, 0.5) is 24.5 Å². The summed E-state index contributed by atoms with van der Waals surface area (Å²) < 4.78 is 73.7. The van der Waals surface area contributed by atoms with Gasteiger partial charge in [0.25, 0.3) is 10.0 Å². The van der Waals surface area contributed by atoms with Crippen LogP contribution in [0.3, 0.4) is 0 Å². The molecule has 6 nitrogen and oxygen atoms in total. The Hall–Kier alpha value is -3.18. The molecule has 3 aromatic rings. The van der Waals surface area contributed by atoms with Crippen molar-refractivity contribution >= 4 is 39.1 Å². The van der Waals surface area contributed by atoms with Gasteiger partial charge in [0.05, 0.1) is 28.4 Å². The van der Waals surface area contributed by atoms with Crippen molar-refractivity contribution in [3.63, 3.8) is 0 Å². The maximum absolute atomic E-state index is 13.6. The minimum Gasteiger partial charge on any atom is -0.492 e. The number of amides is 1. The third kappa shape index (κ3) is 6.29. The van der Waals surface area contributed by atoms with Crippen molar-refractivity contribution in [2.45, 2.75) is 22.9 Å². The second-order valence-corrected chi connectivity index (χ2v) is 9.92. The van der Waals surface area contributed by atoms with Gasteiger partial charge in [-0.25, -0.2) is 8.42 Å². The second kappa shape index (κ2) is 11.0. The molecule has 35 heavy (non-hydrogen) atoms. The van der Waals surface area contributed by atoms with Crippen LogP contribution in [0.25, 0.3) is 0 Å². The molecule has 0 saturated heterocycles. The van der Waals surface area contributed by atoms with E-state index in [9.17, 15) is 26.4 Å². The maximum Gasteiger partial charge on any atom is 0.418 e. The number of sulfonamides is 1. The first kappa shape index (κ1) is 26.4. The average Bonchev–Trinajstić information content (AvgIpc) is 2.83. The number of carbonyl (C=O) groups is 1. The van der Waals surface area contributed by atoms with Gasteiger partial charge < -0.3 is 10.1 Å². The quantitative estimate of drug-likeness (QED) is 0.366. The number of carbonyl (C=O) groups excluding carboxylic acids is 1. The molecule has 0 saturated carbocycles. The summed E-state index contributed by atoms with van der Waals surface area (Å²) in [5.41, 5.74) is -1.42. The molecule has 0 spiro atoms. The molecule has 11 heteroatoms. The molecule has 3 aromatic carbocycles. The zero-order chi connectivity index (χ0) is 25.6. The summed E-state index contributed by atoms with van der Waals surface area (Å²) in [5, 5.41) is 2.20. The fourth-order valence-electron chi connectivity index (χ4n) is 3.27. The van der Waals surface area contributed by atoms with Gasteiger partial charge in [-0.15, -0.1) is 11.8 Å². The number of thioether (sulfide) groups is 1. The number of hydrogen-bond acceptors (Lipinski definition) is 5. The number of anilines is 2. The minimum atomic E-state index is -4.70. The molecule has 186 valence electrons. The van der Waals surface area contributed by atoms with Crippen molar-refractivity contribution < 1.29 is 31.1 Å². The highest BCUT2D eigenvalue weighted by Gasteiger charge is 2.34. The van der Waals surface area contributed by atoms with Crippen molar-refractivity contribution in [1.29, 1.82) is 0 Å². The highest BCUT2D eigenvalue weighted by Crippen LogP contribution is 2.35. The standard InChI is InChI=1S/C24H23F3N2O4S2/c1-3-33-22-11-7-6-10-21(22)29(35(31,32)18-14-12-17(34-2)13-15-18)16-23(30)28-20-9-5-4-8-19(20)24(25,26)27/h4-15H,3,16H2,1-2H3,(H,28,30). The van der Waals surface area contributed by atoms with E-state index >= 15 is 0 Å². The van der Waals surface area contributed by atoms with E-state index in [2.05, 4.69) is 5.32 Å². The third-order valence-electron chi connectivity index (χ3n) is 4.87. The number of rotatable bonds is 9. The number of nitrogens with zero attached hydrogens (tertiary/aromatic N) is 1. The summed E-state index contributed by atoms with van der Waals surface area (Å²) in [5.74, 6) is -0.736. The Kier molecular flexibility index (Phi) is 8.34. The summed E-state index contributed by atoms with van der Waals surface area (Å²) in [7, 11) is -4.28. The highest BCUT2D eigenvalue weighted by molar-refractivity contribution is 7.98. The first-order chi connectivity index (χ1) is 16.6. The van der Waals surface area contributed by atoms with Crippen LogP contribution in [0.5, 0.6) is 5.75 Å². The Morgan fingerprint density at radius 1 is 1.00 bits per heavy atom. The van der Waals surface area contributed by atoms with E-state index in [0.717, 1.165) is 21.3 Å². The van der Waals surface area contributed by atoms with Gasteiger partial charge >= 0.3 is 6.18 Å². The van der Waals surface area contributed by atoms with Crippen LogP contribution < -0.4 is 14.4 Å². The molecular formula is C24H23F3N2O4S2. The largest absolute Gasteiger partial charge is 0.492 e. The molecule has 1 N–H and O–H groups in total. The lowest BCUT2D eigenvalue weighted by Gasteiger charge is -2.26. The van der Waals surface area contributed by atoms with E-state index < -0.39 is 39.9 Å². The summed E-state index contributed by atoms with van der Waals surface area (Å²) in [6.45, 7) is 1.18. The van der Waals surface area contributed by atoms with Gasteiger partial charge in [-0.3, -0.25) is 9.10 Å². The van der Waals surface area contributed by atoms with Crippen molar-refractivity contribution in [3.05, 3.63) is 78.4 Å². The number of hydrogen-bond donors (Lipinski definition) is 1. The zero-order valence-corrected chi connectivity index (χ0v) is 20.5. The predicted molar refractivity (Wildman–Crippen MR) is 130 cm³/mol. The average molecular weight is 525 g/mol. The second-order valence-electron chi connectivity index (χ2n) is 7.18. The van der Waals surface area contributed by atoms with Crippen LogP contribution in [0.1, 0.15) is 12.5 Å². The normalized spacial score (nSPS) is 11.7. The SMILES string of the molecule is CCOc1ccccc1N(CC(=O)Nc1ccccc1C(F)(F)F)S(=O)(=O)c1ccc(SC)cc1. The third-order valence-corrected chi connectivity index (χ3v) is 7.39. The summed E-state index contributed by atoms with van der Waals surface area (Å²) in [6.07, 6.45) is -2.85. The lowest BCUT2D eigenvalue weighted by molar-refractivity contribution is -0.137. The van der Waals surface area contributed by atoms with Gasteiger partial charge in [-0.05, 0) is 61.7 Å². The van der Waals surface area contributed by atoms with E-state index in [-0.39, 0.29) is 22.9 Å². The Morgan fingerprint density at radius 2 is 1.63 bits per heavy atom. The lowest BCUT2D eigenvalue weighted by Crippen LogP contribution is -2.38. The lowest BCUT2D eigenvalue weighted by atomic mass is 10.1. The number of para-hydroxylation sites is 3. The number of halogens is 3. The first-order valence-electron chi connectivity index (χ1n) is 10.4. The molecule has 0 radical (unpaired) electrons. The van der Waals surface area contributed by atoms with Gasteiger partial charge in [0.2, 0.25) is 5.91 Å². The van der Waals surface area contributed by atoms with Crippen molar-refractivity contribution in [2.24, 2.45) is 0 Å². The van der Waals surface area contributed by atoms with Crippen LogP contribution in [-0.4, -0.2) is 33.7 Å². The van der Waals surface area contributed by atoms with Gasteiger partial charge in [0.1, 0.15) is 12.3 Å². The van der Waals surface area contributed by atoms with Gasteiger partial charge in [0.15, 0.2) is 0 Å². The number of ether oxygens (including phenoxy) is 1. The molecule has 1 amide bonds. The van der Waals surface area contributed by atoms with Gasteiger partial charge in [-0.1, -0.05) is 24.3 Å². The molecule has 0 aliphatic heterocycles. The molecule has 0 fully saturated rings. The molecule has 0 aromatic heterocycles. The van der Waals surface area contributed by atoms with E-state index in [1.165, 1.54) is 42.1 Å². The highest BCUT2D eigenvalue weighted by atomic mass is 32.2. The minimum absolute atomic E-state index is 0.0786. The molecule has 0 unspecified atom stereocenters. The zero-order valence-electron chi connectivity index (χ0n) is 18.9. The Labute approximate surface area is 206 Å². The van der Waals surface area contributed by atoms with Crippen LogP contribution in [0.15, 0.2) is 82.6 Å². The topological polar surface area (TPSA) is 75.7 Å². The summed E-state index contributed by atoms with van der Waals surface area (Å²) in [6, 6.07) is 16.8. The monoisotopic (exact) mass is 524 g/mol. The maximum atomic E-state index is 13.6. The number of benzene rings is 3. The van der Waals surface area contributed by atoms with Gasteiger partial charge in [-0.2, -0.15) is 13.2 Å². The number of alkyl halides is 3. The van der Waals surface area contributed by atoms with E-state index in [0.29, 0.717) is 0 Å².